The number of aliphatic imine (C=N–C) groups is 1. The number of rotatable bonds is 6. The number of nitrogens with zero attached hydrogens (tertiary/aromatic N) is 3. The molecule has 1 N–H and O–H groups in total. The highest BCUT2D eigenvalue weighted by molar-refractivity contribution is 7.87. The van der Waals surface area contributed by atoms with Crippen LogP contribution in [0.2, 0.25) is 0 Å². The Morgan fingerprint density at radius 3 is 2.77 bits per heavy atom. The average Bonchev–Trinajstić information content (AvgIpc) is 3.01. The number of halogens is 1. The Morgan fingerprint density at radius 2 is 2.08 bits per heavy atom. The van der Waals surface area contributed by atoms with E-state index in [0.717, 1.165) is 25.7 Å². The zero-order valence-corrected chi connectivity index (χ0v) is 15.7. The molecule has 0 bridgehead atoms. The molecule has 1 aliphatic carbocycles. The van der Waals surface area contributed by atoms with Crippen LogP contribution in [0.5, 0.6) is 0 Å². The molecule has 0 unspecified atom stereocenters. The number of hydrogen-bond acceptors (Lipinski definition) is 5. The minimum atomic E-state index is -3.36. The Morgan fingerprint density at radius 1 is 1.35 bits per heavy atom. The van der Waals surface area contributed by atoms with Gasteiger partial charge in [-0.1, -0.05) is 0 Å². The van der Waals surface area contributed by atoms with Gasteiger partial charge in [-0.3, -0.25) is 0 Å². The molecule has 0 radical (unpaired) electrons. The van der Waals surface area contributed by atoms with Crippen LogP contribution in [0, 0.1) is 17.7 Å². The van der Waals surface area contributed by atoms with Crippen molar-refractivity contribution >= 4 is 33.5 Å². The second kappa shape index (κ2) is 7.81. The van der Waals surface area contributed by atoms with Crippen molar-refractivity contribution in [1.82, 2.24) is 14.0 Å². The van der Waals surface area contributed by atoms with Gasteiger partial charge in [-0.05, 0) is 49.7 Å². The molecule has 1 aromatic carbocycles. The lowest BCUT2D eigenvalue weighted by Crippen LogP contribution is -2.39. The molecule has 9 heteroatoms. The van der Waals surface area contributed by atoms with Gasteiger partial charge < -0.3 is 4.42 Å². The van der Waals surface area contributed by atoms with Gasteiger partial charge in [-0.25, -0.2) is 14.1 Å². The first-order valence-electron chi connectivity index (χ1n) is 8.61. The molecule has 1 aromatic heterocycles. The predicted octanol–water partition coefficient (Wildman–Crippen LogP) is 2.87. The zero-order valence-electron chi connectivity index (χ0n) is 14.9. The van der Waals surface area contributed by atoms with Crippen molar-refractivity contribution in [2.45, 2.75) is 25.7 Å². The van der Waals surface area contributed by atoms with Gasteiger partial charge in [0.1, 0.15) is 11.3 Å². The van der Waals surface area contributed by atoms with Crippen LogP contribution in [-0.2, 0) is 10.2 Å². The van der Waals surface area contributed by atoms with E-state index in [1.807, 2.05) is 6.21 Å². The number of benzene rings is 1. The second-order valence-electron chi connectivity index (χ2n) is 6.80. The summed E-state index contributed by atoms with van der Waals surface area (Å²) in [6, 6.07) is 4.42. The van der Waals surface area contributed by atoms with E-state index in [2.05, 4.69) is 14.7 Å². The molecular weight excluding hydrogens is 359 g/mol. The highest BCUT2D eigenvalue weighted by atomic mass is 32.2. The summed E-state index contributed by atoms with van der Waals surface area (Å²) in [5.41, 5.74) is 0.962. The number of nitrogens with one attached hydrogen (secondary N) is 1. The van der Waals surface area contributed by atoms with Gasteiger partial charge in [0.25, 0.3) is 10.2 Å². The minimum absolute atomic E-state index is 0.228. The van der Waals surface area contributed by atoms with Crippen molar-refractivity contribution < 1.29 is 17.2 Å². The summed E-state index contributed by atoms with van der Waals surface area (Å²) >= 11 is 0. The van der Waals surface area contributed by atoms with Crippen molar-refractivity contribution in [2.24, 2.45) is 16.8 Å². The fourth-order valence-electron chi connectivity index (χ4n) is 3.00. The van der Waals surface area contributed by atoms with Gasteiger partial charge in [0.05, 0.1) is 0 Å². The Kier molecular flexibility index (Phi) is 5.69. The molecule has 0 saturated heterocycles. The molecule has 1 aliphatic rings. The molecule has 0 amide bonds. The largest absolute Gasteiger partial charge is 0.422 e. The third-order valence-corrected chi connectivity index (χ3v) is 6.15. The second-order valence-corrected chi connectivity index (χ2v) is 8.77. The number of aromatic nitrogens is 1. The summed E-state index contributed by atoms with van der Waals surface area (Å²) < 4.78 is 45.9. The smallest absolute Gasteiger partial charge is 0.322 e. The molecule has 1 heterocycles. The van der Waals surface area contributed by atoms with Gasteiger partial charge in [0.15, 0.2) is 5.58 Å². The lowest BCUT2D eigenvalue weighted by Gasteiger charge is -2.26. The van der Waals surface area contributed by atoms with Gasteiger partial charge in [-0.2, -0.15) is 17.7 Å². The third kappa shape index (κ3) is 4.66. The van der Waals surface area contributed by atoms with Crippen LogP contribution in [0.25, 0.3) is 11.1 Å². The van der Waals surface area contributed by atoms with Crippen molar-refractivity contribution in [3.63, 3.8) is 0 Å². The Balaban J connectivity index is 1.51. The first-order chi connectivity index (χ1) is 12.3. The van der Waals surface area contributed by atoms with E-state index in [-0.39, 0.29) is 11.8 Å². The molecule has 0 spiro atoms. The summed E-state index contributed by atoms with van der Waals surface area (Å²) in [6.07, 6.45) is 5.58. The summed E-state index contributed by atoms with van der Waals surface area (Å²) in [5, 5.41) is 0. The number of hydrogen-bond donors (Lipinski definition) is 1. The quantitative estimate of drug-likeness (QED) is 0.778. The van der Waals surface area contributed by atoms with E-state index in [0.29, 0.717) is 29.5 Å². The normalized spacial score (nSPS) is 21.8. The molecule has 7 nitrogen and oxygen atoms in total. The van der Waals surface area contributed by atoms with E-state index in [4.69, 9.17) is 4.42 Å². The van der Waals surface area contributed by atoms with Gasteiger partial charge in [0, 0.05) is 32.9 Å². The van der Waals surface area contributed by atoms with E-state index in [9.17, 15) is 12.8 Å². The Labute approximate surface area is 152 Å². The van der Waals surface area contributed by atoms with Crippen LogP contribution in [0.4, 0.5) is 10.4 Å². The van der Waals surface area contributed by atoms with Crippen molar-refractivity contribution in [2.75, 3.05) is 20.6 Å². The van der Waals surface area contributed by atoms with Gasteiger partial charge in [-0.15, -0.1) is 0 Å². The molecule has 26 heavy (non-hydrogen) atoms. The van der Waals surface area contributed by atoms with Crippen LogP contribution in [0.3, 0.4) is 0 Å². The molecule has 2 aromatic rings. The molecular formula is C17H23FN4O3S. The maximum Gasteiger partial charge on any atom is 0.322 e. The fraction of sp³-hybridized carbons (Fsp3) is 0.529. The monoisotopic (exact) mass is 382 g/mol. The molecule has 3 rings (SSSR count). The Hall–Kier alpha value is -1.84. The summed E-state index contributed by atoms with van der Waals surface area (Å²) in [6.45, 7) is 0.459. The van der Waals surface area contributed by atoms with Crippen LogP contribution >= 0.6 is 0 Å². The zero-order chi connectivity index (χ0) is 18.7. The van der Waals surface area contributed by atoms with Crippen LogP contribution in [0.15, 0.2) is 27.6 Å². The van der Waals surface area contributed by atoms with Crippen molar-refractivity contribution in [3.05, 3.63) is 24.0 Å². The van der Waals surface area contributed by atoms with Crippen molar-refractivity contribution in [3.8, 4) is 0 Å². The standard InChI is InChI=1S/C17H23FN4O3S/c1-22(2)26(23,24)20-11-13-5-3-12(4-6-13)10-19-17-21-15-8-7-14(18)9-16(15)25-17/h7-10,12-13,20H,3-6,11H2,1-2H3/b19-10-. The molecule has 0 aliphatic heterocycles. The predicted molar refractivity (Wildman–Crippen MR) is 98.2 cm³/mol. The summed E-state index contributed by atoms with van der Waals surface area (Å²) in [5.74, 6) is 0.275. The molecule has 1 fully saturated rings. The third-order valence-electron chi connectivity index (χ3n) is 4.66. The first-order valence-corrected chi connectivity index (χ1v) is 10.0. The van der Waals surface area contributed by atoms with Crippen LogP contribution < -0.4 is 4.72 Å². The highest BCUT2D eigenvalue weighted by Crippen LogP contribution is 2.28. The maximum atomic E-state index is 13.2. The minimum Gasteiger partial charge on any atom is -0.422 e. The van der Waals surface area contributed by atoms with Gasteiger partial charge >= 0.3 is 6.01 Å². The number of oxazole rings is 1. The van der Waals surface area contributed by atoms with E-state index in [1.165, 1.54) is 30.5 Å². The molecule has 1 saturated carbocycles. The first kappa shape index (κ1) is 18.9. The lowest BCUT2D eigenvalue weighted by molar-refractivity contribution is 0.323. The van der Waals surface area contributed by atoms with Crippen LogP contribution in [0.1, 0.15) is 25.7 Å². The van der Waals surface area contributed by atoms with E-state index in [1.54, 1.807) is 6.07 Å². The van der Waals surface area contributed by atoms with E-state index < -0.39 is 10.2 Å². The van der Waals surface area contributed by atoms with Crippen LogP contribution in [-0.4, -0.2) is 44.6 Å². The molecule has 0 atom stereocenters. The fourth-order valence-corrected chi connectivity index (χ4v) is 3.71. The summed E-state index contributed by atoms with van der Waals surface area (Å²) in [7, 11) is -0.343. The highest BCUT2D eigenvalue weighted by Gasteiger charge is 2.22. The van der Waals surface area contributed by atoms with Gasteiger partial charge in [0.2, 0.25) is 0 Å². The number of fused-ring (bicyclic) bond motifs is 1. The lowest BCUT2D eigenvalue weighted by atomic mass is 9.83. The summed E-state index contributed by atoms with van der Waals surface area (Å²) in [4.78, 5) is 8.50. The maximum absolute atomic E-state index is 13.2. The van der Waals surface area contributed by atoms with E-state index >= 15 is 0 Å². The average molecular weight is 382 g/mol. The SMILES string of the molecule is CN(C)S(=O)(=O)NCC1CCC(/C=N\c2nc3ccc(F)cc3o2)CC1. The Bertz CT molecular complexity index is 887. The van der Waals surface area contributed by atoms with Crippen molar-refractivity contribution in [1.29, 1.82) is 0 Å². The molecule has 142 valence electrons. The topological polar surface area (TPSA) is 87.8 Å².